The van der Waals surface area contributed by atoms with E-state index in [1.165, 1.54) is 11.3 Å². The van der Waals surface area contributed by atoms with E-state index in [4.69, 9.17) is 4.74 Å². The molecular formula is C12H22N2O3S2. The van der Waals surface area contributed by atoms with Crippen LogP contribution < -0.4 is 10.0 Å². The predicted octanol–water partition coefficient (Wildman–Crippen LogP) is 1.56. The molecule has 0 aromatic carbocycles. The summed E-state index contributed by atoms with van der Waals surface area (Å²) in [6.07, 6.45) is 0. The number of sulfonamides is 1. The molecule has 0 bridgehead atoms. The van der Waals surface area contributed by atoms with E-state index in [-0.39, 0.29) is 6.04 Å². The first-order valence-corrected chi connectivity index (χ1v) is 8.69. The summed E-state index contributed by atoms with van der Waals surface area (Å²) in [6.45, 7) is 8.22. The molecule has 7 heteroatoms. The van der Waals surface area contributed by atoms with Crippen molar-refractivity contribution in [3.63, 3.8) is 0 Å². The highest BCUT2D eigenvalue weighted by Gasteiger charge is 2.19. The number of hydrogen-bond donors (Lipinski definition) is 2. The summed E-state index contributed by atoms with van der Waals surface area (Å²) < 4.78 is 32.4. The molecule has 0 aliphatic rings. The van der Waals surface area contributed by atoms with Gasteiger partial charge in [-0.15, -0.1) is 11.3 Å². The van der Waals surface area contributed by atoms with Gasteiger partial charge in [0.25, 0.3) is 0 Å². The number of rotatable bonds is 9. The molecule has 0 fully saturated rings. The molecular weight excluding hydrogens is 284 g/mol. The molecule has 0 saturated heterocycles. The van der Waals surface area contributed by atoms with Gasteiger partial charge in [-0.1, -0.05) is 6.92 Å². The van der Waals surface area contributed by atoms with Crippen LogP contribution >= 0.6 is 11.3 Å². The molecule has 1 heterocycles. The summed E-state index contributed by atoms with van der Waals surface area (Å²) in [5.41, 5.74) is 0. The van der Waals surface area contributed by atoms with Gasteiger partial charge in [-0.2, -0.15) is 0 Å². The third kappa shape index (κ3) is 5.58. The average molecular weight is 306 g/mol. The predicted molar refractivity (Wildman–Crippen MR) is 78.0 cm³/mol. The maximum absolute atomic E-state index is 12.1. The Labute approximate surface area is 119 Å². The number of nitrogens with one attached hydrogen (secondary N) is 2. The Morgan fingerprint density at radius 1 is 1.37 bits per heavy atom. The van der Waals surface area contributed by atoms with Crippen LogP contribution in [0, 0.1) is 0 Å². The zero-order chi connectivity index (χ0) is 14.3. The smallest absolute Gasteiger partial charge is 0.250 e. The van der Waals surface area contributed by atoms with Gasteiger partial charge < -0.3 is 10.1 Å². The van der Waals surface area contributed by atoms with Crippen LogP contribution in [0.5, 0.6) is 0 Å². The topological polar surface area (TPSA) is 67.4 Å². The minimum atomic E-state index is -3.43. The van der Waals surface area contributed by atoms with Gasteiger partial charge in [0.05, 0.1) is 6.61 Å². The Morgan fingerprint density at radius 2 is 2.11 bits per heavy atom. The summed E-state index contributed by atoms with van der Waals surface area (Å²) >= 11 is 1.29. The standard InChI is InChI=1S/C12H22N2O3S2/c1-4-13-8-11-6-7-12(18-11)19(15,16)14-10(3)9-17-5-2/h6-7,10,13-14H,4-5,8-9H2,1-3H3. The Kier molecular flexibility index (Phi) is 6.95. The zero-order valence-electron chi connectivity index (χ0n) is 11.6. The summed E-state index contributed by atoms with van der Waals surface area (Å²) in [7, 11) is -3.43. The second-order valence-corrected chi connectivity index (χ2v) is 7.29. The van der Waals surface area contributed by atoms with Crippen molar-refractivity contribution in [2.24, 2.45) is 0 Å². The second kappa shape index (κ2) is 7.96. The lowest BCUT2D eigenvalue weighted by Crippen LogP contribution is -2.35. The van der Waals surface area contributed by atoms with Gasteiger partial charge in [-0.05, 0) is 32.5 Å². The highest BCUT2D eigenvalue weighted by Crippen LogP contribution is 2.21. The van der Waals surface area contributed by atoms with E-state index in [1.807, 2.05) is 19.9 Å². The lowest BCUT2D eigenvalue weighted by molar-refractivity contribution is 0.133. The largest absolute Gasteiger partial charge is 0.380 e. The lowest BCUT2D eigenvalue weighted by Gasteiger charge is -2.12. The van der Waals surface area contributed by atoms with Gasteiger partial charge in [0.2, 0.25) is 10.0 Å². The Morgan fingerprint density at radius 3 is 2.74 bits per heavy atom. The van der Waals surface area contributed by atoms with Crippen molar-refractivity contribution in [1.82, 2.24) is 10.0 Å². The molecule has 1 aromatic heterocycles. The van der Waals surface area contributed by atoms with E-state index in [0.29, 0.717) is 24.0 Å². The number of hydrogen-bond acceptors (Lipinski definition) is 5. The highest BCUT2D eigenvalue weighted by atomic mass is 32.2. The van der Waals surface area contributed by atoms with E-state index in [9.17, 15) is 8.42 Å². The molecule has 0 saturated carbocycles. The van der Waals surface area contributed by atoms with E-state index < -0.39 is 10.0 Å². The van der Waals surface area contributed by atoms with E-state index in [1.54, 1.807) is 13.0 Å². The fourth-order valence-corrected chi connectivity index (χ4v) is 4.07. The Hall–Kier alpha value is -0.470. The first-order chi connectivity index (χ1) is 8.99. The monoisotopic (exact) mass is 306 g/mol. The van der Waals surface area contributed by atoms with Crippen LogP contribution in [0.15, 0.2) is 16.3 Å². The Bertz CT molecular complexity index is 471. The van der Waals surface area contributed by atoms with Crippen molar-refractivity contribution in [3.8, 4) is 0 Å². The van der Waals surface area contributed by atoms with Gasteiger partial charge in [0.1, 0.15) is 4.21 Å². The van der Waals surface area contributed by atoms with Crippen LogP contribution in [0.25, 0.3) is 0 Å². The van der Waals surface area contributed by atoms with Crippen LogP contribution in [-0.2, 0) is 21.3 Å². The highest BCUT2D eigenvalue weighted by molar-refractivity contribution is 7.91. The van der Waals surface area contributed by atoms with E-state index in [2.05, 4.69) is 10.0 Å². The minimum Gasteiger partial charge on any atom is -0.380 e. The van der Waals surface area contributed by atoms with Crippen LogP contribution in [0.4, 0.5) is 0 Å². The fourth-order valence-electron chi connectivity index (χ4n) is 1.50. The maximum atomic E-state index is 12.1. The van der Waals surface area contributed by atoms with Crippen LogP contribution in [0.3, 0.4) is 0 Å². The lowest BCUT2D eigenvalue weighted by atomic mass is 10.4. The third-order valence-electron chi connectivity index (χ3n) is 2.38. The quantitative estimate of drug-likeness (QED) is 0.726. The second-order valence-electron chi connectivity index (χ2n) is 4.18. The zero-order valence-corrected chi connectivity index (χ0v) is 13.2. The first-order valence-electron chi connectivity index (χ1n) is 6.39. The Balaban J connectivity index is 2.63. The van der Waals surface area contributed by atoms with Gasteiger partial charge in [0.15, 0.2) is 0 Å². The van der Waals surface area contributed by atoms with Crippen molar-refractivity contribution >= 4 is 21.4 Å². The van der Waals surface area contributed by atoms with Crippen molar-refractivity contribution in [3.05, 3.63) is 17.0 Å². The van der Waals surface area contributed by atoms with Crippen molar-refractivity contribution in [2.45, 2.75) is 37.6 Å². The van der Waals surface area contributed by atoms with Gasteiger partial charge in [-0.25, -0.2) is 13.1 Å². The normalized spacial score (nSPS) is 13.6. The van der Waals surface area contributed by atoms with Crippen LogP contribution in [0.2, 0.25) is 0 Å². The molecule has 1 atom stereocenters. The molecule has 0 radical (unpaired) electrons. The van der Waals surface area contributed by atoms with Crippen molar-refractivity contribution < 1.29 is 13.2 Å². The molecule has 0 spiro atoms. The molecule has 1 rings (SSSR count). The SMILES string of the molecule is CCNCc1ccc(S(=O)(=O)NC(C)COCC)s1. The molecule has 1 aromatic rings. The number of ether oxygens (including phenoxy) is 1. The van der Waals surface area contributed by atoms with E-state index in [0.717, 1.165) is 11.4 Å². The molecule has 0 aliphatic carbocycles. The summed E-state index contributed by atoms with van der Waals surface area (Å²) in [6, 6.07) is 3.26. The summed E-state index contributed by atoms with van der Waals surface area (Å²) in [5.74, 6) is 0. The minimum absolute atomic E-state index is 0.232. The summed E-state index contributed by atoms with van der Waals surface area (Å²) in [5, 5.41) is 3.17. The summed E-state index contributed by atoms with van der Waals surface area (Å²) in [4.78, 5) is 1.01. The first kappa shape index (κ1) is 16.6. The van der Waals surface area contributed by atoms with Gasteiger partial charge >= 0.3 is 0 Å². The fraction of sp³-hybridized carbons (Fsp3) is 0.667. The molecule has 0 aliphatic heterocycles. The van der Waals surface area contributed by atoms with Gasteiger partial charge in [0, 0.05) is 24.1 Å². The van der Waals surface area contributed by atoms with Gasteiger partial charge in [-0.3, -0.25) is 0 Å². The molecule has 0 amide bonds. The van der Waals surface area contributed by atoms with E-state index >= 15 is 0 Å². The van der Waals surface area contributed by atoms with Crippen molar-refractivity contribution in [1.29, 1.82) is 0 Å². The number of thiophene rings is 1. The molecule has 1 unspecified atom stereocenters. The average Bonchev–Trinajstić information content (AvgIpc) is 2.83. The third-order valence-corrected chi connectivity index (χ3v) is 5.55. The van der Waals surface area contributed by atoms with Crippen LogP contribution in [0.1, 0.15) is 25.6 Å². The molecule has 5 nitrogen and oxygen atoms in total. The van der Waals surface area contributed by atoms with Crippen molar-refractivity contribution in [2.75, 3.05) is 19.8 Å². The molecule has 110 valence electrons. The molecule has 2 N–H and O–H groups in total. The van der Waals surface area contributed by atoms with Crippen LogP contribution in [-0.4, -0.2) is 34.2 Å². The maximum Gasteiger partial charge on any atom is 0.250 e. The molecule has 19 heavy (non-hydrogen) atoms.